The van der Waals surface area contributed by atoms with Gasteiger partial charge in [-0.2, -0.15) is 5.10 Å². The quantitative estimate of drug-likeness (QED) is 0.898. The highest BCUT2D eigenvalue weighted by Gasteiger charge is 2.33. The number of aromatic nitrogens is 2. The van der Waals surface area contributed by atoms with E-state index in [0.717, 1.165) is 10.6 Å². The van der Waals surface area contributed by atoms with Crippen molar-refractivity contribution in [1.82, 2.24) is 10.2 Å². The second kappa shape index (κ2) is 3.85. The second-order valence-corrected chi connectivity index (χ2v) is 4.77. The van der Waals surface area contributed by atoms with Crippen LogP contribution in [0.25, 0.3) is 10.6 Å². The van der Waals surface area contributed by atoms with Crippen molar-refractivity contribution in [3.05, 3.63) is 28.2 Å². The summed E-state index contributed by atoms with van der Waals surface area (Å²) in [7, 11) is 0. The minimum atomic E-state index is -0.438. The first-order valence-corrected chi connectivity index (χ1v) is 6.10. The molecule has 6 heteroatoms. The largest absolute Gasteiger partial charge is 0.318 e. The highest BCUT2D eigenvalue weighted by atomic mass is 35.5. The Hall–Kier alpha value is -0.880. The molecule has 0 saturated carbocycles. The molecule has 0 spiro atoms. The van der Waals surface area contributed by atoms with Gasteiger partial charge in [-0.15, -0.1) is 11.3 Å². The van der Waals surface area contributed by atoms with Gasteiger partial charge in [0.25, 0.3) is 0 Å². The lowest BCUT2D eigenvalue weighted by Crippen LogP contribution is -2.32. The zero-order valence-corrected chi connectivity index (χ0v) is 10.0. The number of rotatable bonds is 2. The van der Waals surface area contributed by atoms with E-state index in [-0.39, 0.29) is 6.29 Å². The number of halogens is 1. The summed E-state index contributed by atoms with van der Waals surface area (Å²) in [5.74, 6) is 0. The minimum absolute atomic E-state index is 0.178. The van der Waals surface area contributed by atoms with Crippen LogP contribution in [0.3, 0.4) is 0 Å². The maximum Gasteiger partial charge on any atom is 0.209 e. The van der Waals surface area contributed by atoms with Crippen molar-refractivity contribution in [3.8, 4) is 10.6 Å². The van der Waals surface area contributed by atoms with Crippen molar-refractivity contribution in [1.29, 1.82) is 0 Å². The molecule has 1 N–H and O–H groups in total. The smallest absolute Gasteiger partial charge is 0.209 e. The number of hydrogen-bond acceptors (Lipinski definition) is 4. The summed E-state index contributed by atoms with van der Waals surface area (Å²) < 4.78 is 10.7. The van der Waals surface area contributed by atoms with Crippen molar-refractivity contribution < 1.29 is 9.47 Å². The minimum Gasteiger partial charge on any atom is -0.318 e. The topological polar surface area (TPSA) is 47.1 Å². The number of nitrogens with zero attached hydrogens (tertiary/aromatic N) is 1. The Bertz CT molecular complexity index is 491. The molecule has 4 nitrogen and oxygen atoms in total. The van der Waals surface area contributed by atoms with Crippen LogP contribution in [0.1, 0.15) is 18.9 Å². The maximum absolute atomic E-state index is 6.22. The number of nitrogens with one attached hydrogen (secondary N) is 1. The van der Waals surface area contributed by atoms with E-state index in [1.807, 2.05) is 24.4 Å². The monoisotopic (exact) mass is 256 g/mol. The van der Waals surface area contributed by atoms with Crippen LogP contribution in [-0.4, -0.2) is 16.5 Å². The van der Waals surface area contributed by atoms with Crippen LogP contribution in [0.15, 0.2) is 17.5 Å². The number of ether oxygens (including phenoxy) is 2. The lowest BCUT2D eigenvalue weighted by atomic mass is 10.3. The standard InChI is InChI=1S/C10H9ClN2O2S/c1-5-14-10(15-5)9-7(11)8(12-13-9)6-3-2-4-16-6/h2-5,10H,1H3,(H,12,13). The molecule has 0 bridgehead atoms. The second-order valence-electron chi connectivity index (χ2n) is 3.45. The molecule has 0 atom stereocenters. The summed E-state index contributed by atoms with van der Waals surface area (Å²) in [6.07, 6.45) is -0.615. The number of thiophene rings is 1. The van der Waals surface area contributed by atoms with Crippen molar-refractivity contribution in [2.24, 2.45) is 0 Å². The van der Waals surface area contributed by atoms with Gasteiger partial charge in [0.2, 0.25) is 6.29 Å². The molecule has 0 aliphatic carbocycles. The lowest BCUT2D eigenvalue weighted by molar-refractivity contribution is -0.383. The van der Waals surface area contributed by atoms with E-state index in [0.29, 0.717) is 10.7 Å². The Kier molecular flexibility index (Phi) is 2.48. The predicted molar refractivity (Wildman–Crippen MR) is 61.3 cm³/mol. The average Bonchev–Trinajstić information content (AvgIpc) is 2.82. The van der Waals surface area contributed by atoms with Crippen molar-refractivity contribution in [3.63, 3.8) is 0 Å². The summed E-state index contributed by atoms with van der Waals surface area (Å²) in [6, 6.07) is 3.95. The Morgan fingerprint density at radius 2 is 2.31 bits per heavy atom. The Morgan fingerprint density at radius 3 is 2.94 bits per heavy atom. The molecule has 1 saturated heterocycles. The van der Waals surface area contributed by atoms with Gasteiger partial charge in [-0.1, -0.05) is 17.7 Å². The van der Waals surface area contributed by atoms with Crippen LogP contribution in [0, 0.1) is 0 Å². The van der Waals surface area contributed by atoms with Gasteiger partial charge in [-0.05, 0) is 18.4 Å². The van der Waals surface area contributed by atoms with E-state index in [2.05, 4.69) is 10.2 Å². The van der Waals surface area contributed by atoms with Gasteiger partial charge in [0.15, 0.2) is 6.29 Å². The van der Waals surface area contributed by atoms with Crippen LogP contribution in [-0.2, 0) is 9.47 Å². The van der Waals surface area contributed by atoms with E-state index in [9.17, 15) is 0 Å². The van der Waals surface area contributed by atoms with E-state index < -0.39 is 6.29 Å². The molecule has 1 aliphatic heterocycles. The summed E-state index contributed by atoms with van der Waals surface area (Å²) in [4.78, 5) is 1.05. The van der Waals surface area contributed by atoms with Gasteiger partial charge in [0.1, 0.15) is 5.69 Å². The van der Waals surface area contributed by atoms with Crippen LogP contribution >= 0.6 is 22.9 Å². The normalized spacial score (nSPS) is 24.4. The van der Waals surface area contributed by atoms with E-state index >= 15 is 0 Å². The van der Waals surface area contributed by atoms with Gasteiger partial charge in [-0.3, -0.25) is 5.10 Å². The fourth-order valence-electron chi connectivity index (χ4n) is 1.57. The van der Waals surface area contributed by atoms with Crippen molar-refractivity contribution in [2.45, 2.75) is 19.5 Å². The summed E-state index contributed by atoms with van der Waals surface area (Å²) in [6.45, 7) is 1.83. The van der Waals surface area contributed by atoms with E-state index in [4.69, 9.17) is 21.1 Å². The van der Waals surface area contributed by atoms with E-state index in [1.165, 1.54) is 0 Å². The zero-order chi connectivity index (χ0) is 11.1. The summed E-state index contributed by atoms with van der Waals surface area (Å²) >= 11 is 7.83. The Balaban J connectivity index is 1.92. The molecule has 0 unspecified atom stereocenters. The van der Waals surface area contributed by atoms with Crippen LogP contribution < -0.4 is 0 Å². The molecule has 2 aromatic heterocycles. The third kappa shape index (κ3) is 1.56. The van der Waals surface area contributed by atoms with E-state index in [1.54, 1.807) is 11.3 Å². The first-order chi connectivity index (χ1) is 7.75. The lowest BCUT2D eigenvalue weighted by Gasteiger charge is -2.32. The molecular formula is C10H9ClN2O2S. The van der Waals surface area contributed by atoms with Gasteiger partial charge < -0.3 is 9.47 Å². The average molecular weight is 257 g/mol. The molecule has 0 aromatic carbocycles. The Morgan fingerprint density at radius 1 is 1.50 bits per heavy atom. The highest BCUT2D eigenvalue weighted by Crippen LogP contribution is 2.39. The SMILES string of the molecule is CC1OC(c2n[nH]c(-c3cccs3)c2Cl)O1. The van der Waals surface area contributed by atoms with Crippen LogP contribution in [0.4, 0.5) is 0 Å². The maximum atomic E-state index is 6.22. The van der Waals surface area contributed by atoms with Gasteiger partial charge >= 0.3 is 0 Å². The number of aromatic amines is 1. The molecule has 1 fully saturated rings. The molecule has 0 amide bonds. The highest BCUT2D eigenvalue weighted by molar-refractivity contribution is 7.13. The molecule has 3 rings (SSSR count). The van der Waals surface area contributed by atoms with Crippen LogP contribution in [0.2, 0.25) is 5.02 Å². The Labute approximate surface area is 101 Å². The molecule has 84 valence electrons. The fourth-order valence-corrected chi connectivity index (χ4v) is 2.63. The third-order valence-electron chi connectivity index (χ3n) is 2.35. The van der Waals surface area contributed by atoms with Gasteiger partial charge in [0, 0.05) is 0 Å². The van der Waals surface area contributed by atoms with Crippen molar-refractivity contribution in [2.75, 3.05) is 0 Å². The van der Waals surface area contributed by atoms with Crippen LogP contribution in [0.5, 0.6) is 0 Å². The van der Waals surface area contributed by atoms with Gasteiger partial charge in [-0.25, -0.2) is 0 Å². The molecule has 3 heterocycles. The molecular weight excluding hydrogens is 248 g/mol. The zero-order valence-electron chi connectivity index (χ0n) is 8.44. The summed E-state index contributed by atoms with van der Waals surface area (Å²) in [5, 5.41) is 9.60. The molecule has 1 aliphatic rings. The third-order valence-corrected chi connectivity index (χ3v) is 3.62. The fraction of sp³-hybridized carbons (Fsp3) is 0.300. The molecule has 16 heavy (non-hydrogen) atoms. The van der Waals surface area contributed by atoms with Crippen molar-refractivity contribution >= 4 is 22.9 Å². The molecule has 0 radical (unpaired) electrons. The summed E-state index contributed by atoms with van der Waals surface area (Å²) in [5.41, 5.74) is 1.43. The van der Waals surface area contributed by atoms with Gasteiger partial charge in [0.05, 0.1) is 15.6 Å². The predicted octanol–water partition coefficient (Wildman–Crippen LogP) is 3.18. The number of hydrogen-bond donors (Lipinski definition) is 1. The first-order valence-electron chi connectivity index (χ1n) is 4.84. The number of H-pyrrole nitrogens is 1. The first kappa shape index (κ1) is 10.3. The molecule has 2 aromatic rings.